The molecule has 1 aromatic heterocycles. The van der Waals surface area contributed by atoms with Gasteiger partial charge < -0.3 is 10.6 Å². The SMILES string of the molecule is CCNc1cc(NC(C)C(C)C)ncn1. The van der Waals surface area contributed by atoms with Crippen molar-refractivity contribution in [1.82, 2.24) is 9.97 Å². The third-order valence-corrected chi connectivity index (χ3v) is 2.40. The fraction of sp³-hybridized carbons (Fsp3) is 0.636. The Labute approximate surface area is 91.5 Å². The minimum Gasteiger partial charge on any atom is -0.370 e. The summed E-state index contributed by atoms with van der Waals surface area (Å²) in [5, 5.41) is 6.51. The molecule has 0 saturated heterocycles. The second kappa shape index (κ2) is 5.53. The number of hydrogen-bond acceptors (Lipinski definition) is 4. The maximum absolute atomic E-state index is 4.18. The zero-order chi connectivity index (χ0) is 11.3. The van der Waals surface area contributed by atoms with Gasteiger partial charge in [-0.2, -0.15) is 0 Å². The van der Waals surface area contributed by atoms with Crippen LogP contribution in [-0.4, -0.2) is 22.6 Å². The smallest absolute Gasteiger partial charge is 0.131 e. The van der Waals surface area contributed by atoms with Crippen LogP contribution in [0.15, 0.2) is 12.4 Å². The molecule has 0 amide bonds. The zero-order valence-electron chi connectivity index (χ0n) is 9.91. The average Bonchev–Trinajstić information content (AvgIpc) is 2.18. The van der Waals surface area contributed by atoms with Gasteiger partial charge in [0.05, 0.1) is 0 Å². The second-order valence-corrected chi connectivity index (χ2v) is 4.00. The Kier molecular flexibility index (Phi) is 4.34. The van der Waals surface area contributed by atoms with Gasteiger partial charge in [0.2, 0.25) is 0 Å². The predicted molar refractivity (Wildman–Crippen MR) is 64.1 cm³/mol. The van der Waals surface area contributed by atoms with E-state index in [0.29, 0.717) is 12.0 Å². The van der Waals surface area contributed by atoms with Crippen molar-refractivity contribution in [3.63, 3.8) is 0 Å². The van der Waals surface area contributed by atoms with Crippen molar-refractivity contribution in [2.45, 2.75) is 33.7 Å². The highest BCUT2D eigenvalue weighted by molar-refractivity contribution is 5.46. The van der Waals surface area contributed by atoms with Gasteiger partial charge in [0.25, 0.3) is 0 Å². The van der Waals surface area contributed by atoms with Gasteiger partial charge >= 0.3 is 0 Å². The summed E-state index contributed by atoms with van der Waals surface area (Å²) in [6.07, 6.45) is 1.58. The maximum Gasteiger partial charge on any atom is 0.131 e. The van der Waals surface area contributed by atoms with Crippen molar-refractivity contribution in [3.05, 3.63) is 12.4 Å². The van der Waals surface area contributed by atoms with Crippen molar-refractivity contribution < 1.29 is 0 Å². The first-order valence-corrected chi connectivity index (χ1v) is 5.46. The van der Waals surface area contributed by atoms with Gasteiger partial charge in [-0.25, -0.2) is 9.97 Å². The first-order chi connectivity index (χ1) is 7.13. The van der Waals surface area contributed by atoms with Gasteiger partial charge in [-0.1, -0.05) is 13.8 Å². The standard InChI is InChI=1S/C11H20N4/c1-5-12-10-6-11(14-7-13-10)15-9(4)8(2)3/h6-9H,5H2,1-4H3,(H2,12,13,14,15). The number of aromatic nitrogens is 2. The molecule has 4 heteroatoms. The lowest BCUT2D eigenvalue weighted by Gasteiger charge is -2.18. The Morgan fingerprint density at radius 1 is 1.20 bits per heavy atom. The van der Waals surface area contributed by atoms with Crippen molar-refractivity contribution >= 4 is 11.6 Å². The minimum absolute atomic E-state index is 0.411. The molecule has 1 rings (SSSR count). The summed E-state index contributed by atoms with van der Waals surface area (Å²) in [5.74, 6) is 2.33. The van der Waals surface area contributed by atoms with Crippen LogP contribution in [0.1, 0.15) is 27.7 Å². The van der Waals surface area contributed by atoms with Crippen LogP contribution in [-0.2, 0) is 0 Å². The number of rotatable bonds is 5. The van der Waals surface area contributed by atoms with E-state index in [1.54, 1.807) is 6.33 Å². The molecule has 2 N–H and O–H groups in total. The molecular formula is C11H20N4. The summed E-state index contributed by atoms with van der Waals surface area (Å²) < 4.78 is 0. The molecule has 1 aromatic rings. The number of anilines is 2. The first-order valence-electron chi connectivity index (χ1n) is 5.46. The summed E-state index contributed by atoms with van der Waals surface area (Å²) in [4.78, 5) is 8.30. The normalized spacial score (nSPS) is 12.6. The van der Waals surface area contributed by atoms with E-state index in [9.17, 15) is 0 Å². The molecule has 0 saturated carbocycles. The Balaban J connectivity index is 2.64. The topological polar surface area (TPSA) is 49.8 Å². The van der Waals surface area contributed by atoms with Crippen molar-refractivity contribution in [2.75, 3.05) is 17.2 Å². The quantitative estimate of drug-likeness (QED) is 0.780. The first kappa shape index (κ1) is 11.8. The van der Waals surface area contributed by atoms with Crippen LogP contribution < -0.4 is 10.6 Å². The molecule has 0 aliphatic carbocycles. The molecule has 1 heterocycles. The summed E-state index contributed by atoms with van der Waals surface area (Å²) in [6, 6.07) is 2.34. The van der Waals surface area contributed by atoms with E-state index in [1.807, 2.05) is 13.0 Å². The molecule has 0 radical (unpaired) electrons. The van der Waals surface area contributed by atoms with Crippen LogP contribution in [0.3, 0.4) is 0 Å². The van der Waals surface area contributed by atoms with Gasteiger partial charge in [-0.15, -0.1) is 0 Å². The van der Waals surface area contributed by atoms with Crippen LogP contribution in [0.5, 0.6) is 0 Å². The van der Waals surface area contributed by atoms with E-state index in [4.69, 9.17) is 0 Å². The van der Waals surface area contributed by atoms with Crippen molar-refractivity contribution in [2.24, 2.45) is 5.92 Å². The highest BCUT2D eigenvalue weighted by Crippen LogP contribution is 2.12. The molecule has 0 bridgehead atoms. The molecule has 1 unspecified atom stereocenters. The van der Waals surface area contributed by atoms with Gasteiger partial charge in [-0.3, -0.25) is 0 Å². The zero-order valence-corrected chi connectivity index (χ0v) is 9.91. The fourth-order valence-corrected chi connectivity index (χ4v) is 1.11. The summed E-state index contributed by atoms with van der Waals surface area (Å²) >= 11 is 0. The summed E-state index contributed by atoms with van der Waals surface area (Å²) in [7, 11) is 0. The Morgan fingerprint density at radius 3 is 2.47 bits per heavy atom. The van der Waals surface area contributed by atoms with Crippen LogP contribution >= 0.6 is 0 Å². The lowest BCUT2D eigenvalue weighted by Crippen LogP contribution is -2.22. The van der Waals surface area contributed by atoms with Crippen LogP contribution in [0.25, 0.3) is 0 Å². The molecule has 0 aliphatic heterocycles. The Morgan fingerprint density at radius 2 is 1.87 bits per heavy atom. The molecule has 15 heavy (non-hydrogen) atoms. The lowest BCUT2D eigenvalue weighted by atomic mass is 10.1. The maximum atomic E-state index is 4.18. The third-order valence-electron chi connectivity index (χ3n) is 2.40. The molecule has 0 spiro atoms. The summed E-state index contributed by atoms with van der Waals surface area (Å²) in [5.41, 5.74) is 0. The van der Waals surface area contributed by atoms with E-state index in [-0.39, 0.29) is 0 Å². The van der Waals surface area contributed by atoms with Crippen LogP contribution in [0.4, 0.5) is 11.6 Å². The molecule has 4 nitrogen and oxygen atoms in total. The fourth-order valence-electron chi connectivity index (χ4n) is 1.11. The molecule has 0 aromatic carbocycles. The van der Waals surface area contributed by atoms with E-state index in [2.05, 4.69) is 41.4 Å². The number of nitrogens with one attached hydrogen (secondary N) is 2. The second-order valence-electron chi connectivity index (χ2n) is 4.00. The van der Waals surface area contributed by atoms with Crippen molar-refractivity contribution in [1.29, 1.82) is 0 Å². The minimum atomic E-state index is 0.411. The van der Waals surface area contributed by atoms with Crippen LogP contribution in [0, 0.1) is 5.92 Å². The van der Waals surface area contributed by atoms with E-state index >= 15 is 0 Å². The predicted octanol–water partition coefficient (Wildman–Crippen LogP) is 2.36. The Bertz CT molecular complexity index is 298. The van der Waals surface area contributed by atoms with Gasteiger partial charge in [0, 0.05) is 18.7 Å². The Hall–Kier alpha value is -1.32. The third kappa shape index (κ3) is 3.73. The largest absolute Gasteiger partial charge is 0.370 e. The van der Waals surface area contributed by atoms with Crippen molar-refractivity contribution in [3.8, 4) is 0 Å². The molecule has 1 atom stereocenters. The number of hydrogen-bond donors (Lipinski definition) is 2. The molecule has 84 valence electrons. The molecule has 0 fully saturated rings. The monoisotopic (exact) mass is 208 g/mol. The highest BCUT2D eigenvalue weighted by Gasteiger charge is 2.07. The summed E-state index contributed by atoms with van der Waals surface area (Å²) in [6.45, 7) is 9.44. The highest BCUT2D eigenvalue weighted by atomic mass is 15.1. The lowest BCUT2D eigenvalue weighted by molar-refractivity contribution is 0.558. The molecular weight excluding hydrogens is 188 g/mol. The van der Waals surface area contributed by atoms with E-state index < -0.39 is 0 Å². The number of nitrogens with zero attached hydrogens (tertiary/aromatic N) is 2. The van der Waals surface area contributed by atoms with E-state index in [0.717, 1.165) is 18.2 Å². The van der Waals surface area contributed by atoms with Gasteiger partial charge in [-0.05, 0) is 19.8 Å². The van der Waals surface area contributed by atoms with E-state index in [1.165, 1.54) is 0 Å². The molecule has 0 aliphatic rings. The van der Waals surface area contributed by atoms with Gasteiger partial charge in [0.1, 0.15) is 18.0 Å². The average molecular weight is 208 g/mol. The van der Waals surface area contributed by atoms with Crippen LogP contribution in [0.2, 0.25) is 0 Å². The van der Waals surface area contributed by atoms with Gasteiger partial charge in [0.15, 0.2) is 0 Å².